The third kappa shape index (κ3) is 3.17. The van der Waals surface area contributed by atoms with Gasteiger partial charge >= 0.3 is 5.69 Å². The van der Waals surface area contributed by atoms with Crippen LogP contribution < -0.4 is 11.0 Å². The molecule has 0 spiro atoms. The maximum absolute atomic E-state index is 12.7. The molecule has 0 aliphatic heterocycles. The molecular formula is C20H15ClN4O. The zero-order chi connectivity index (χ0) is 17.9. The van der Waals surface area contributed by atoms with Crippen LogP contribution in [0.5, 0.6) is 0 Å². The Morgan fingerprint density at radius 2 is 1.88 bits per heavy atom. The van der Waals surface area contributed by atoms with Crippen LogP contribution in [-0.2, 0) is 6.54 Å². The summed E-state index contributed by atoms with van der Waals surface area (Å²) >= 11 is 6.19. The van der Waals surface area contributed by atoms with Gasteiger partial charge in [-0.05, 0) is 42.0 Å². The fraction of sp³-hybridized carbons (Fsp3) is 0.0500. The van der Waals surface area contributed by atoms with E-state index in [2.05, 4.69) is 15.3 Å². The van der Waals surface area contributed by atoms with Gasteiger partial charge in [-0.3, -0.25) is 9.55 Å². The maximum atomic E-state index is 12.7. The lowest BCUT2D eigenvalue weighted by Crippen LogP contribution is -2.23. The number of hydrogen-bond acceptors (Lipinski definition) is 4. The molecule has 0 fully saturated rings. The molecular weight excluding hydrogens is 348 g/mol. The first-order chi connectivity index (χ1) is 12.7. The summed E-state index contributed by atoms with van der Waals surface area (Å²) in [6.07, 6.45) is 3.50. The molecule has 2 aromatic carbocycles. The van der Waals surface area contributed by atoms with Crippen molar-refractivity contribution in [3.8, 4) is 5.69 Å². The summed E-state index contributed by atoms with van der Waals surface area (Å²) in [5.74, 6) is 0.526. The van der Waals surface area contributed by atoms with Crippen LogP contribution in [0.4, 0.5) is 5.82 Å². The summed E-state index contributed by atoms with van der Waals surface area (Å²) in [4.78, 5) is 21.1. The molecule has 1 N–H and O–H groups in total. The van der Waals surface area contributed by atoms with E-state index < -0.39 is 0 Å². The molecule has 4 rings (SSSR count). The molecule has 0 saturated carbocycles. The summed E-state index contributed by atoms with van der Waals surface area (Å²) < 4.78 is 1.57. The second kappa shape index (κ2) is 6.98. The van der Waals surface area contributed by atoms with Crippen molar-refractivity contribution in [2.24, 2.45) is 0 Å². The first-order valence-electron chi connectivity index (χ1n) is 8.13. The van der Waals surface area contributed by atoms with Crippen LogP contribution in [0.1, 0.15) is 5.56 Å². The fourth-order valence-corrected chi connectivity index (χ4v) is 3.02. The highest BCUT2D eigenvalue weighted by molar-refractivity contribution is 6.31. The third-order valence-corrected chi connectivity index (χ3v) is 4.29. The van der Waals surface area contributed by atoms with Crippen molar-refractivity contribution < 1.29 is 0 Å². The molecule has 0 bridgehead atoms. The molecule has 0 atom stereocenters. The molecule has 2 aromatic heterocycles. The van der Waals surface area contributed by atoms with E-state index in [4.69, 9.17) is 11.6 Å². The van der Waals surface area contributed by atoms with Crippen molar-refractivity contribution in [1.29, 1.82) is 0 Å². The fourth-order valence-electron chi connectivity index (χ4n) is 2.85. The molecule has 0 unspecified atom stereocenters. The number of nitrogens with zero attached hydrogens (tertiary/aromatic N) is 3. The number of anilines is 1. The number of fused-ring (bicyclic) bond motifs is 1. The molecule has 0 aliphatic rings. The quantitative estimate of drug-likeness (QED) is 0.595. The summed E-state index contributed by atoms with van der Waals surface area (Å²) in [5, 5.41) is 4.62. The predicted molar refractivity (Wildman–Crippen MR) is 104 cm³/mol. The number of para-hydroxylation sites is 1. The maximum Gasteiger partial charge on any atom is 0.354 e. The summed E-state index contributed by atoms with van der Waals surface area (Å²) in [7, 11) is 0. The molecule has 26 heavy (non-hydrogen) atoms. The molecule has 0 aliphatic carbocycles. The first-order valence-corrected chi connectivity index (χ1v) is 8.51. The van der Waals surface area contributed by atoms with Crippen LogP contribution in [0, 0.1) is 0 Å². The van der Waals surface area contributed by atoms with Crippen molar-refractivity contribution in [3.63, 3.8) is 0 Å². The van der Waals surface area contributed by atoms with Gasteiger partial charge in [-0.25, -0.2) is 4.79 Å². The Kier molecular flexibility index (Phi) is 4.37. The lowest BCUT2D eigenvalue weighted by atomic mass is 10.2. The van der Waals surface area contributed by atoms with Gasteiger partial charge in [-0.15, -0.1) is 0 Å². The van der Waals surface area contributed by atoms with Crippen LogP contribution in [0.2, 0.25) is 5.02 Å². The standard InChI is InChI=1S/C20H15ClN4O/c21-15-8-9-17-18(11-15)25(16-6-2-1-3-7-16)20(26)24-19(17)23-13-14-5-4-10-22-12-14/h1-12H,13H2,(H,23,24,26). The van der Waals surface area contributed by atoms with Gasteiger partial charge in [0.15, 0.2) is 0 Å². The van der Waals surface area contributed by atoms with Crippen molar-refractivity contribution in [2.45, 2.75) is 6.54 Å². The van der Waals surface area contributed by atoms with Gasteiger partial charge in [-0.1, -0.05) is 35.9 Å². The van der Waals surface area contributed by atoms with E-state index in [0.717, 1.165) is 16.6 Å². The minimum absolute atomic E-state index is 0.361. The van der Waals surface area contributed by atoms with Crippen molar-refractivity contribution in [2.75, 3.05) is 5.32 Å². The number of halogens is 1. The zero-order valence-corrected chi connectivity index (χ0v) is 14.5. The SMILES string of the molecule is O=c1nc(NCc2cccnc2)c2ccc(Cl)cc2n1-c1ccccc1. The van der Waals surface area contributed by atoms with E-state index in [1.807, 2.05) is 48.5 Å². The average molecular weight is 363 g/mol. The highest BCUT2D eigenvalue weighted by Crippen LogP contribution is 2.25. The highest BCUT2D eigenvalue weighted by Gasteiger charge is 2.12. The summed E-state index contributed by atoms with van der Waals surface area (Å²) in [5.41, 5.74) is 2.09. The second-order valence-corrected chi connectivity index (χ2v) is 6.23. The second-order valence-electron chi connectivity index (χ2n) is 5.79. The smallest absolute Gasteiger partial charge is 0.354 e. The first kappa shape index (κ1) is 16.3. The van der Waals surface area contributed by atoms with Gasteiger partial charge < -0.3 is 5.32 Å². The number of rotatable bonds is 4. The molecule has 0 radical (unpaired) electrons. The summed E-state index contributed by atoms with van der Waals surface area (Å²) in [6.45, 7) is 0.521. The topological polar surface area (TPSA) is 59.8 Å². The number of aromatic nitrogens is 3. The number of benzene rings is 2. The lowest BCUT2D eigenvalue weighted by Gasteiger charge is -2.14. The van der Waals surface area contributed by atoms with E-state index in [1.54, 1.807) is 29.1 Å². The van der Waals surface area contributed by atoms with Crippen molar-refractivity contribution in [1.82, 2.24) is 14.5 Å². The van der Waals surface area contributed by atoms with Crippen LogP contribution in [0.15, 0.2) is 77.9 Å². The van der Waals surface area contributed by atoms with Crippen molar-refractivity contribution in [3.05, 3.63) is 94.1 Å². The molecule has 6 heteroatoms. The normalized spacial score (nSPS) is 10.8. The molecule has 2 heterocycles. The van der Waals surface area contributed by atoms with E-state index in [1.165, 1.54) is 0 Å². The predicted octanol–water partition coefficient (Wildman–Crippen LogP) is 4.05. The van der Waals surface area contributed by atoms with Crippen LogP contribution in [-0.4, -0.2) is 14.5 Å². The molecule has 5 nitrogen and oxygen atoms in total. The van der Waals surface area contributed by atoms with Gasteiger partial charge in [-0.2, -0.15) is 4.98 Å². The Bertz CT molecular complexity index is 1110. The van der Waals surface area contributed by atoms with Crippen LogP contribution >= 0.6 is 11.6 Å². The Balaban J connectivity index is 1.84. The average Bonchev–Trinajstić information content (AvgIpc) is 2.67. The highest BCUT2D eigenvalue weighted by atomic mass is 35.5. The molecule has 128 valence electrons. The van der Waals surface area contributed by atoms with Crippen molar-refractivity contribution >= 4 is 28.3 Å². The Hall–Kier alpha value is -3.18. The minimum Gasteiger partial charge on any atom is -0.365 e. The van der Waals surface area contributed by atoms with E-state index >= 15 is 0 Å². The van der Waals surface area contributed by atoms with E-state index in [-0.39, 0.29) is 5.69 Å². The van der Waals surface area contributed by atoms with Gasteiger partial charge in [0.2, 0.25) is 0 Å². The lowest BCUT2D eigenvalue weighted by molar-refractivity contribution is 0.951. The van der Waals surface area contributed by atoms with Gasteiger partial charge in [0, 0.05) is 29.3 Å². The minimum atomic E-state index is -0.361. The summed E-state index contributed by atoms with van der Waals surface area (Å²) in [6, 6.07) is 18.7. The number of hydrogen-bond donors (Lipinski definition) is 1. The molecule has 0 saturated heterocycles. The Morgan fingerprint density at radius 3 is 2.65 bits per heavy atom. The van der Waals surface area contributed by atoms with E-state index in [0.29, 0.717) is 22.9 Å². The van der Waals surface area contributed by atoms with Gasteiger partial charge in [0.25, 0.3) is 0 Å². The largest absolute Gasteiger partial charge is 0.365 e. The van der Waals surface area contributed by atoms with Gasteiger partial charge in [0.1, 0.15) is 5.82 Å². The number of pyridine rings is 1. The van der Waals surface area contributed by atoms with Crippen LogP contribution in [0.25, 0.3) is 16.6 Å². The van der Waals surface area contributed by atoms with E-state index in [9.17, 15) is 4.79 Å². The third-order valence-electron chi connectivity index (χ3n) is 4.05. The molecule has 4 aromatic rings. The Labute approximate surface area is 154 Å². The van der Waals surface area contributed by atoms with Crippen LogP contribution in [0.3, 0.4) is 0 Å². The zero-order valence-electron chi connectivity index (χ0n) is 13.8. The Morgan fingerprint density at radius 1 is 1.04 bits per heavy atom. The number of nitrogens with one attached hydrogen (secondary N) is 1. The molecule has 0 amide bonds. The van der Waals surface area contributed by atoms with Gasteiger partial charge in [0.05, 0.1) is 11.2 Å². The monoisotopic (exact) mass is 362 g/mol.